The monoisotopic (exact) mass is 430 g/mol. The maximum atomic E-state index is 13.1. The number of benzene rings is 2. The van der Waals surface area contributed by atoms with Gasteiger partial charge in [-0.25, -0.2) is 4.98 Å². The number of amides is 2. The predicted octanol–water partition coefficient (Wildman–Crippen LogP) is 3.37. The minimum absolute atomic E-state index is 0.120. The highest BCUT2D eigenvalue weighted by Gasteiger charge is 2.31. The van der Waals surface area contributed by atoms with E-state index < -0.39 is 6.04 Å². The summed E-state index contributed by atoms with van der Waals surface area (Å²) in [6.45, 7) is 0.635. The van der Waals surface area contributed by atoms with E-state index in [2.05, 4.69) is 34.6 Å². The van der Waals surface area contributed by atoms with Crippen LogP contribution in [0, 0.1) is 0 Å². The molecule has 1 aliphatic heterocycles. The van der Waals surface area contributed by atoms with Crippen molar-refractivity contribution in [1.29, 1.82) is 0 Å². The zero-order valence-corrected chi connectivity index (χ0v) is 17.9. The largest absolute Gasteiger partial charge is 0.338 e. The molecule has 0 saturated carbocycles. The average Bonchev–Trinajstić information content (AvgIpc) is 3.42. The third-order valence-corrected chi connectivity index (χ3v) is 6.77. The molecule has 1 aromatic heterocycles. The van der Waals surface area contributed by atoms with Crippen molar-refractivity contribution in [2.45, 2.75) is 23.9 Å². The Labute approximate surface area is 185 Å². The minimum atomic E-state index is -0.612. The number of likely N-dealkylation sites (N-methyl/N-ethyl adjacent to an activating group) is 1. The Balaban J connectivity index is 1.30. The highest BCUT2D eigenvalue weighted by molar-refractivity contribution is 7.99. The summed E-state index contributed by atoms with van der Waals surface area (Å²) in [6, 6.07) is 13.6. The number of imidazole rings is 1. The predicted molar refractivity (Wildman–Crippen MR) is 122 cm³/mol. The molecule has 156 valence electrons. The molecule has 5 rings (SSSR count). The molecule has 6 nitrogen and oxygen atoms in total. The van der Waals surface area contributed by atoms with Gasteiger partial charge in [-0.15, -0.1) is 11.8 Å². The number of rotatable bonds is 4. The van der Waals surface area contributed by atoms with Gasteiger partial charge in [0.2, 0.25) is 5.91 Å². The third kappa shape index (κ3) is 3.88. The smallest absolute Gasteiger partial charge is 0.272 e. The van der Waals surface area contributed by atoms with Gasteiger partial charge < -0.3 is 14.8 Å². The SMILES string of the molecule is CN1C(=O)[C@@H](NC(=O)c2cn(Cc3ccccc3)cn2)CSc2cc3c(cc21)C=CC3. The van der Waals surface area contributed by atoms with Crippen LogP contribution >= 0.6 is 11.8 Å². The van der Waals surface area contributed by atoms with Gasteiger partial charge in [0.05, 0.1) is 12.0 Å². The van der Waals surface area contributed by atoms with E-state index in [0.29, 0.717) is 18.0 Å². The molecule has 0 spiro atoms. The van der Waals surface area contributed by atoms with Gasteiger partial charge in [0.25, 0.3) is 5.91 Å². The van der Waals surface area contributed by atoms with E-state index in [1.807, 2.05) is 34.9 Å². The van der Waals surface area contributed by atoms with Gasteiger partial charge in [-0.3, -0.25) is 9.59 Å². The molecule has 7 heteroatoms. The van der Waals surface area contributed by atoms with E-state index in [1.165, 1.54) is 5.56 Å². The van der Waals surface area contributed by atoms with Gasteiger partial charge >= 0.3 is 0 Å². The lowest BCUT2D eigenvalue weighted by Crippen LogP contribution is -2.48. The van der Waals surface area contributed by atoms with Crippen molar-refractivity contribution in [2.24, 2.45) is 0 Å². The molecule has 2 amide bonds. The van der Waals surface area contributed by atoms with Gasteiger partial charge in [-0.1, -0.05) is 42.5 Å². The molecule has 1 aliphatic carbocycles. The molecule has 0 radical (unpaired) electrons. The van der Waals surface area contributed by atoms with Crippen LogP contribution in [0.15, 0.2) is 66.0 Å². The topological polar surface area (TPSA) is 67.2 Å². The number of nitrogens with zero attached hydrogens (tertiary/aromatic N) is 3. The zero-order valence-electron chi connectivity index (χ0n) is 17.1. The van der Waals surface area contributed by atoms with Gasteiger partial charge in [-0.05, 0) is 35.2 Å². The number of fused-ring (bicyclic) bond motifs is 2. The number of hydrogen-bond acceptors (Lipinski definition) is 4. The number of hydrogen-bond donors (Lipinski definition) is 1. The molecule has 0 unspecified atom stereocenters. The highest BCUT2D eigenvalue weighted by Crippen LogP contribution is 2.38. The summed E-state index contributed by atoms with van der Waals surface area (Å²) in [6.07, 6.45) is 8.51. The number of nitrogens with one attached hydrogen (secondary N) is 1. The van der Waals surface area contributed by atoms with Crippen LogP contribution in [-0.2, 0) is 17.8 Å². The molecular weight excluding hydrogens is 408 g/mol. The van der Waals surface area contributed by atoms with E-state index in [4.69, 9.17) is 0 Å². The second-order valence-electron chi connectivity index (χ2n) is 7.78. The first-order chi connectivity index (χ1) is 15.1. The Bertz CT molecular complexity index is 1190. The van der Waals surface area contributed by atoms with Crippen LogP contribution in [0.25, 0.3) is 6.08 Å². The maximum absolute atomic E-state index is 13.1. The van der Waals surface area contributed by atoms with Crippen LogP contribution in [0.3, 0.4) is 0 Å². The van der Waals surface area contributed by atoms with E-state index in [9.17, 15) is 9.59 Å². The van der Waals surface area contributed by atoms with Crippen LogP contribution in [0.1, 0.15) is 27.2 Å². The van der Waals surface area contributed by atoms with Crippen molar-refractivity contribution in [3.05, 3.63) is 83.4 Å². The molecule has 1 N–H and O–H groups in total. The molecule has 2 aliphatic rings. The number of allylic oxidation sites excluding steroid dienone is 1. The van der Waals surface area contributed by atoms with Crippen molar-refractivity contribution >= 4 is 35.3 Å². The normalized spacial score (nSPS) is 17.3. The maximum Gasteiger partial charge on any atom is 0.272 e. The Kier molecular flexibility index (Phi) is 5.11. The fourth-order valence-corrected chi connectivity index (χ4v) is 5.08. The lowest BCUT2D eigenvalue weighted by atomic mass is 10.1. The van der Waals surface area contributed by atoms with E-state index in [-0.39, 0.29) is 11.8 Å². The van der Waals surface area contributed by atoms with Gasteiger partial charge in [-0.2, -0.15) is 0 Å². The summed E-state index contributed by atoms with van der Waals surface area (Å²) in [5.41, 5.74) is 4.76. The molecule has 0 saturated heterocycles. The molecule has 2 heterocycles. The van der Waals surface area contributed by atoms with Gasteiger partial charge in [0.15, 0.2) is 0 Å². The number of thioether (sulfide) groups is 1. The van der Waals surface area contributed by atoms with Crippen LogP contribution in [0.4, 0.5) is 5.69 Å². The Hall–Kier alpha value is -3.32. The second kappa shape index (κ2) is 8.07. The molecule has 1 atom stereocenters. The lowest BCUT2D eigenvalue weighted by molar-refractivity contribution is -0.119. The Morgan fingerprint density at radius 1 is 1.26 bits per heavy atom. The molecule has 0 bridgehead atoms. The first-order valence-electron chi connectivity index (χ1n) is 10.2. The molecule has 0 fully saturated rings. The van der Waals surface area contributed by atoms with Crippen molar-refractivity contribution in [3.63, 3.8) is 0 Å². The summed E-state index contributed by atoms with van der Waals surface area (Å²) in [5.74, 6) is 0.0274. The quantitative estimate of drug-likeness (QED) is 0.689. The third-order valence-electron chi connectivity index (χ3n) is 5.63. The molecule has 3 aromatic rings. The van der Waals surface area contributed by atoms with Crippen LogP contribution in [0.5, 0.6) is 0 Å². The number of carbonyl (C=O) groups excluding carboxylic acids is 2. The standard InChI is InChI=1S/C24H22N4O2S/c1-27-21-10-17-8-5-9-18(17)11-22(21)31-14-20(24(27)30)26-23(29)19-13-28(15-25-19)12-16-6-3-2-4-7-16/h2-8,10-11,13,15,20H,9,12,14H2,1H3,(H,26,29)/t20-/m0/s1. The second-order valence-corrected chi connectivity index (χ2v) is 8.84. The molecular formula is C24H22N4O2S. The number of carbonyl (C=O) groups is 2. The highest BCUT2D eigenvalue weighted by atomic mass is 32.2. The summed E-state index contributed by atoms with van der Waals surface area (Å²) in [5, 5.41) is 2.88. The summed E-state index contributed by atoms with van der Waals surface area (Å²) in [4.78, 5) is 32.8. The summed E-state index contributed by atoms with van der Waals surface area (Å²) in [7, 11) is 1.77. The number of anilines is 1. The van der Waals surface area contributed by atoms with Crippen molar-refractivity contribution < 1.29 is 9.59 Å². The Morgan fingerprint density at radius 3 is 2.94 bits per heavy atom. The minimum Gasteiger partial charge on any atom is -0.338 e. The van der Waals surface area contributed by atoms with Crippen molar-refractivity contribution in [1.82, 2.24) is 14.9 Å². The average molecular weight is 431 g/mol. The summed E-state index contributed by atoms with van der Waals surface area (Å²) >= 11 is 1.60. The number of aromatic nitrogens is 2. The molecule has 31 heavy (non-hydrogen) atoms. The van der Waals surface area contributed by atoms with E-state index in [1.54, 1.807) is 36.2 Å². The first kappa shape index (κ1) is 19.6. The van der Waals surface area contributed by atoms with Crippen LogP contribution in [-0.4, -0.2) is 40.2 Å². The van der Waals surface area contributed by atoms with Crippen molar-refractivity contribution in [2.75, 3.05) is 17.7 Å². The van der Waals surface area contributed by atoms with E-state index in [0.717, 1.165) is 28.1 Å². The van der Waals surface area contributed by atoms with E-state index >= 15 is 0 Å². The van der Waals surface area contributed by atoms with Gasteiger partial charge in [0.1, 0.15) is 11.7 Å². The van der Waals surface area contributed by atoms with Crippen LogP contribution < -0.4 is 10.2 Å². The van der Waals surface area contributed by atoms with Crippen LogP contribution in [0.2, 0.25) is 0 Å². The molecule has 2 aromatic carbocycles. The van der Waals surface area contributed by atoms with Crippen molar-refractivity contribution in [3.8, 4) is 0 Å². The summed E-state index contributed by atoms with van der Waals surface area (Å²) < 4.78 is 1.87. The fraction of sp³-hybridized carbons (Fsp3) is 0.208. The Morgan fingerprint density at radius 2 is 2.10 bits per heavy atom. The zero-order chi connectivity index (χ0) is 21.4. The lowest BCUT2D eigenvalue weighted by Gasteiger charge is -2.22. The fourth-order valence-electron chi connectivity index (χ4n) is 3.94. The van der Waals surface area contributed by atoms with Gasteiger partial charge in [0, 0.05) is 30.4 Å². The first-order valence-corrected chi connectivity index (χ1v) is 11.2.